The molecule has 0 N–H and O–H groups in total. The smallest absolute Gasteiger partial charge is 0.255 e. The average molecular weight is 384 g/mol. The maximum atomic E-state index is 12.7. The van der Waals surface area contributed by atoms with Gasteiger partial charge in [-0.1, -0.05) is 5.16 Å². The summed E-state index contributed by atoms with van der Waals surface area (Å²) in [5, 5.41) is 4.17. The number of ether oxygens (including phenoxy) is 1. The zero-order valence-corrected chi connectivity index (χ0v) is 16.5. The fourth-order valence-corrected chi connectivity index (χ4v) is 4.07. The van der Waals surface area contributed by atoms with Crippen LogP contribution in [-0.2, 0) is 11.2 Å². The third-order valence-corrected chi connectivity index (χ3v) is 5.80. The van der Waals surface area contributed by atoms with Crippen molar-refractivity contribution >= 4 is 5.91 Å². The van der Waals surface area contributed by atoms with E-state index in [-0.39, 0.29) is 5.91 Å². The molecule has 2 saturated heterocycles. The number of carbonyl (C=O) groups excluding carboxylic acids is 1. The van der Waals surface area contributed by atoms with Crippen LogP contribution in [0, 0.1) is 12.8 Å². The van der Waals surface area contributed by atoms with E-state index < -0.39 is 0 Å². The molecule has 2 fully saturated rings. The summed E-state index contributed by atoms with van der Waals surface area (Å²) in [5.41, 5.74) is 1.60. The Bertz CT molecular complexity index is 783. The normalized spacial score (nSPS) is 21.0. The van der Waals surface area contributed by atoms with Gasteiger partial charge in [0.15, 0.2) is 5.82 Å². The van der Waals surface area contributed by atoms with Gasteiger partial charge in [-0.25, -0.2) is 0 Å². The van der Waals surface area contributed by atoms with Crippen molar-refractivity contribution in [3.05, 3.63) is 41.3 Å². The first-order valence-corrected chi connectivity index (χ1v) is 10.3. The fraction of sp³-hybridized carbons (Fsp3) is 0.619. The van der Waals surface area contributed by atoms with Crippen molar-refractivity contribution in [3.63, 3.8) is 0 Å². The molecule has 2 aromatic heterocycles. The molecule has 0 saturated carbocycles. The molecule has 4 heterocycles. The van der Waals surface area contributed by atoms with E-state index in [2.05, 4.69) is 15.1 Å². The van der Waals surface area contributed by atoms with Crippen molar-refractivity contribution in [3.8, 4) is 0 Å². The molecule has 2 aliphatic heterocycles. The van der Waals surface area contributed by atoms with Crippen LogP contribution < -0.4 is 0 Å². The lowest BCUT2D eigenvalue weighted by atomic mass is 9.93. The number of piperidine rings is 1. The summed E-state index contributed by atoms with van der Waals surface area (Å²) in [5.74, 6) is 2.43. The number of aryl methyl sites for hydroxylation is 2. The van der Waals surface area contributed by atoms with Gasteiger partial charge in [0, 0.05) is 50.5 Å². The third-order valence-electron chi connectivity index (χ3n) is 5.80. The van der Waals surface area contributed by atoms with Gasteiger partial charge in [-0.3, -0.25) is 9.78 Å². The Hall–Kier alpha value is -2.28. The predicted molar refractivity (Wildman–Crippen MR) is 103 cm³/mol. The minimum absolute atomic E-state index is 0.0820. The number of carbonyl (C=O) groups is 1. The number of hydrogen-bond acceptors (Lipinski definition) is 6. The molecule has 0 aromatic carbocycles. The van der Waals surface area contributed by atoms with E-state index in [4.69, 9.17) is 9.26 Å². The maximum absolute atomic E-state index is 12.7. The Labute approximate surface area is 165 Å². The molecule has 7 nitrogen and oxygen atoms in total. The molecular weight excluding hydrogens is 356 g/mol. The van der Waals surface area contributed by atoms with Crippen LogP contribution in [0.15, 0.2) is 22.9 Å². The van der Waals surface area contributed by atoms with Crippen LogP contribution in [-0.4, -0.2) is 52.2 Å². The number of amides is 1. The SMILES string of the molecule is Cc1ccc(C(=O)N2CCCC(CCc3noc(C4CCOCC4)n3)C2)cn1. The first-order chi connectivity index (χ1) is 13.7. The highest BCUT2D eigenvalue weighted by Gasteiger charge is 2.26. The molecule has 0 aliphatic carbocycles. The number of likely N-dealkylation sites (tertiary alicyclic amines) is 1. The van der Waals surface area contributed by atoms with Gasteiger partial charge in [0.1, 0.15) is 0 Å². The van der Waals surface area contributed by atoms with Crippen molar-refractivity contribution < 1.29 is 14.1 Å². The summed E-state index contributed by atoms with van der Waals surface area (Å²) in [7, 11) is 0. The Morgan fingerprint density at radius 3 is 2.89 bits per heavy atom. The summed E-state index contributed by atoms with van der Waals surface area (Å²) < 4.78 is 10.9. The van der Waals surface area contributed by atoms with Crippen molar-refractivity contribution in [2.75, 3.05) is 26.3 Å². The van der Waals surface area contributed by atoms with Gasteiger partial charge in [-0.15, -0.1) is 0 Å². The third kappa shape index (κ3) is 4.58. The van der Waals surface area contributed by atoms with Gasteiger partial charge in [0.05, 0.1) is 5.56 Å². The molecule has 0 spiro atoms. The molecule has 4 rings (SSSR count). The number of hydrogen-bond donors (Lipinski definition) is 0. The van der Waals surface area contributed by atoms with Gasteiger partial charge in [0.2, 0.25) is 5.89 Å². The van der Waals surface area contributed by atoms with E-state index in [1.165, 1.54) is 0 Å². The molecule has 28 heavy (non-hydrogen) atoms. The van der Waals surface area contributed by atoms with Gasteiger partial charge in [0.25, 0.3) is 5.91 Å². The van der Waals surface area contributed by atoms with Gasteiger partial charge >= 0.3 is 0 Å². The Kier molecular flexibility index (Phi) is 6.00. The number of rotatable bonds is 5. The highest BCUT2D eigenvalue weighted by molar-refractivity contribution is 5.94. The summed E-state index contributed by atoms with van der Waals surface area (Å²) in [6.45, 7) is 5.07. The molecule has 1 atom stereocenters. The summed E-state index contributed by atoms with van der Waals surface area (Å²) in [4.78, 5) is 23.6. The second-order valence-corrected chi connectivity index (χ2v) is 7.92. The fourth-order valence-electron chi connectivity index (χ4n) is 4.07. The Morgan fingerprint density at radius 1 is 1.25 bits per heavy atom. The van der Waals surface area contributed by atoms with Crippen LogP contribution in [0.5, 0.6) is 0 Å². The molecule has 1 amide bonds. The van der Waals surface area contributed by atoms with E-state index >= 15 is 0 Å². The van der Waals surface area contributed by atoms with Crippen LogP contribution in [0.2, 0.25) is 0 Å². The quantitative estimate of drug-likeness (QED) is 0.788. The van der Waals surface area contributed by atoms with E-state index in [1.54, 1.807) is 6.20 Å². The largest absolute Gasteiger partial charge is 0.381 e. The zero-order chi connectivity index (χ0) is 19.3. The highest BCUT2D eigenvalue weighted by atomic mass is 16.5. The molecule has 2 aromatic rings. The molecular formula is C21H28N4O3. The average Bonchev–Trinajstić information content (AvgIpc) is 3.22. The van der Waals surface area contributed by atoms with Crippen molar-refractivity contribution in [1.29, 1.82) is 0 Å². The van der Waals surface area contributed by atoms with Crippen molar-refractivity contribution in [2.45, 2.75) is 51.4 Å². The lowest BCUT2D eigenvalue weighted by Gasteiger charge is -2.32. The van der Waals surface area contributed by atoms with Crippen LogP contribution in [0.3, 0.4) is 0 Å². The molecule has 1 unspecified atom stereocenters. The molecule has 7 heteroatoms. The topological polar surface area (TPSA) is 81.4 Å². The second kappa shape index (κ2) is 8.82. The van der Waals surface area contributed by atoms with Gasteiger partial charge in [-0.2, -0.15) is 4.98 Å². The maximum Gasteiger partial charge on any atom is 0.255 e. The standard InChI is InChI=1S/C21H28N4O3/c1-15-4-6-18(13-22-15)21(26)25-10-2-3-16(14-25)5-7-19-23-20(28-24-19)17-8-11-27-12-9-17/h4,6,13,16-17H,2-3,5,7-12,14H2,1H3. The first kappa shape index (κ1) is 19.1. The van der Waals surface area contributed by atoms with Crippen LogP contribution in [0.1, 0.15) is 65.8 Å². The Balaban J connectivity index is 1.30. The van der Waals surface area contributed by atoms with E-state index in [0.717, 1.165) is 82.2 Å². The summed E-state index contributed by atoms with van der Waals surface area (Å²) in [6, 6.07) is 3.76. The van der Waals surface area contributed by atoms with Crippen LogP contribution in [0.25, 0.3) is 0 Å². The van der Waals surface area contributed by atoms with Crippen molar-refractivity contribution in [2.24, 2.45) is 5.92 Å². The molecule has 150 valence electrons. The number of pyridine rings is 1. The van der Waals surface area contributed by atoms with Crippen LogP contribution >= 0.6 is 0 Å². The lowest BCUT2D eigenvalue weighted by molar-refractivity contribution is 0.0667. The Morgan fingerprint density at radius 2 is 2.11 bits per heavy atom. The lowest BCUT2D eigenvalue weighted by Crippen LogP contribution is -2.40. The summed E-state index contributed by atoms with van der Waals surface area (Å²) >= 11 is 0. The van der Waals surface area contributed by atoms with Gasteiger partial charge < -0.3 is 14.2 Å². The summed E-state index contributed by atoms with van der Waals surface area (Å²) in [6.07, 6.45) is 7.53. The second-order valence-electron chi connectivity index (χ2n) is 7.92. The van der Waals surface area contributed by atoms with E-state index in [1.807, 2.05) is 24.0 Å². The minimum atomic E-state index is 0.0820. The van der Waals surface area contributed by atoms with Gasteiger partial charge in [-0.05, 0) is 57.1 Å². The number of aromatic nitrogens is 3. The van der Waals surface area contributed by atoms with E-state index in [9.17, 15) is 4.79 Å². The van der Waals surface area contributed by atoms with E-state index in [0.29, 0.717) is 17.4 Å². The molecule has 0 bridgehead atoms. The number of nitrogens with zero attached hydrogens (tertiary/aromatic N) is 4. The first-order valence-electron chi connectivity index (χ1n) is 10.3. The molecule has 2 aliphatic rings. The zero-order valence-electron chi connectivity index (χ0n) is 16.5. The highest BCUT2D eigenvalue weighted by Crippen LogP contribution is 2.26. The molecule has 0 radical (unpaired) electrons. The van der Waals surface area contributed by atoms with Crippen molar-refractivity contribution in [1.82, 2.24) is 20.0 Å². The minimum Gasteiger partial charge on any atom is -0.381 e. The predicted octanol–water partition coefficient (Wildman–Crippen LogP) is 3.15. The monoisotopic (exact) mass is 384 g/mol. The van der Waals surface area contributed by atoms with Crippen LogP contribution in [0.4, 0.5) is 0 Å².